The zero-order valence-electron chi connectivity index (χ0n) is 9.99. The molecule has 0 saturated heterocycles. The van der Waals surface area contributed by atoms with Crippen LogP contribution in [0.5, 0.6) is 0 Å². The Bertz CT molecular complexity index is 130. The molecule has 0 bridgehead atoms. The maximum Gasteiger partial charge on any atom is 0.0155 e. The van der Waals surface area contributed by atoms with Crippen molar-refractivity contribution in [2.75, 3.05) is 31.4 Å². The van der Waals surface area contributed by atoms with Crippen LogP contribution in [0.1, 0.15) is 26.7 Å². The van der Waals surface area contributed by atoms with E-state index in [-0.39, 0.29) is 0 Å². The van der Waals surface area contributed by atoms with Gasteiger partial charge in [0.2, 0.25) is 0 Å². The van der Waals surface area contributed by atoms with E-state index in [1.54, 1.807) is 0 Å². The minimum absolute atomic E-state index is 0.684. The Hall–Kier alpha value is 0.660. The number of thiol groups is 1. The molecule has 0 fully saturated rings. The molecule has 14 heavy (non-hydrogen) atoms. The van der Waals surface area contributed by atoms with Gasteiger partial charge < -0.3 is 4.90 Å². The molecule has 0 spiro atoms. The van der Waals surface area contributed by atoms with Crippen molar-refractivity contribution >= 4 is 24.4 Å². The normalized spacial score (nSPS) is 15.9. The molecule has 0 aliphatic carbocycles. The van der Waals surface area contributed by atoms with Crippen molar-refractivity contribution in [1.29, 1.82) is 0 Å². The molecule has 0 amide bonds. The Morgan fingerprint density at radius 3 is 2.50 bits per heavy atom. The molecule has 0 rings (SSSR count). The van der Waals surface area contributed by atoms with Crippen LogP contribution in [-0.4, -0.2) is 42.3 Å². The van der Waals surface area contributed by atoms with E-state index in [0.717, 1.165) is 11.7 Å². The van der Waals surface area contributed by atoms with Gasteiger partial charge in [-0.15, -0.1) is 0 Å². The predicted molar refractivity (Wildman–Crippen MR) is 72.7 cm³/mol. The summed E-state index contributed by atoms with van der Waals surface area (Å²) in [4.78, 5) is 2.47. The van der Waals surface area contributed by atoms with Gasteiger partial charge in [-0.1, -0.05) is 13.3 Å². The van der Waals surface area contributed by atoms with Crippen molar-refractivity contribution in [2.45, 2.75) is 32.7 Å². The molecule has 86 valence electrons. The standard InChI is InChI=1S/C11H25NS2/c1-5-6-11(8-13)7-12(3)10(2)9-14-4/h10-11,13H,5-9H2,1-4H3. The molecular formula is C11H25NS2. The fraction of sp³-hybridized carbons (Fsp3) is 1.00. The fourth-order valence-corrected chi connectivity index (χ4v) is 2.64. The van der Waals surface area contributed by atoms with Gasteiger partial charge in [-0.2, -0.15) is 24.4 Å². The molecule has 0 heterocycles. The van der Waals surface area contributed by atoms with E-state index in [1.165, 1.54) is 25.1 Å². The van der Waals surface area contributed by atoms with Gasteiger partial charge in [0.05, 0.1) is 0 Å². The minimum atomic E-state index is 0.684. The maximum atomic E-state index is 4.41. The third kappa shape index (κ3) is 6.20. The van der Waals surface area contributed by atoms with Crippen LogP contribution in [0.2, 0.25) is 0 Å². The predicted octanol–water partition coefficient (Wildman–Crippen LogP) is 3.02. The van der Waals surface area contributed by atoms with Crippen LogP contribution in [-0.2, 0) is 0 Å². The largest absolute Gasteiger partial charge is 0.303 e. The lowest BCUT2D eigenvalue weighted by atomic mass is 10.1. The number of hydrogen-bond donors (Lipinski definition) is 1. The van der Waals surface area contributed by atoms with E-state index in [9.17, 15) is 0 Å². The van der Waals surface area contributed by atoms with Crippen LogP contribution < -0.4 is 0 Å². The van der Waals surface area contributed by atoms with Crippen LogP contribution >= 0.6 is 24.4 Å². The quantitative estimate of drug-likeness (QED) is 0.644. The smallest absolute Gasteiger partial charge is 0.0155 e. The van der Waals surface area contributed by atoms with Gasteiger partial charge in [0, 0.05) is 18.3 Å². The van der Waals surface area contributed by atoms with Gasteiger partial charge in [0.1, 0.15) is 0 Å². The van der Waals surface area contributed by atoms with E-state index >= 15 is 0 Å². The Morgan fingerprint density at radius 2 is 2.07 bits per heavy atom. The highest BCUT2D eigenvalue weighted by Crippen LogP contribution is 2.12. The molecule has 0 aromatic rings. The monoisotopic (exact) mass is 235 g/mol. The first kappa shape index (κ1) is 14.7. The average Bonchev–Trinajstić information content (AvgIpc) is 2.17. The molecule has 0 N–H and O–H groups in total. The van der Waals surface area contributed by atoms with Gasteiger partial charge in [-0.3, -0.25) is 0 Å². The Kier molecular flexibility index (Phi) is 9.35. The summed E-state index contributed by atoms with van der Waals surface area (Å²) in [5, 5.41) is 0. The lowest BCUT2D eigenvalue weighted by Crippen LogP contribution is -2.35. The number of thioether (sulfide) groups is 1. The van der Waals surface area contributed by atoms with Crippen LogP contribution in [0.25, 0.3) is 0 Å². The summed E-state index contributed by atoms with van der Waals surface area (Å²) in [5.41, 5.74) is 0. The summed E-state index contributed by atoms with van der Waals surface area (Å²) in [7, 11) is 2.23. The first-order valence-electron chi connectivity index (χ1n) is 5.45. The SMILES string of the molecule is CCCC(CS)CN(C)C(C)CSC. The Morgan fingerprint density at radius 1 is 1.43 bits per heavy atom. The first-order valence-corrected chi connectivity index (χ1v) is 7.48. The molecular weight excluding hydrogens is 210 g/mol. The van der Waals surface area contributed by atoms with Crippen LogP contribution in [0.4, 0.5) is 0 Å². The molecule has 1 nitrogen and oxygen atoms in total. The summed E-state index contributed by atoms with van der Waals surface area (Å²) in [5.74, 6) is 3.00. The fourth-order valence-electron chi connectivity index (χ4n) is 1.60. The van der Waals surface area contributed by atoms with E-state index < -0.39 is 0 Å². The highest BCUT2D eigenvalue weighted by atomic mass is 32.2. The topological polar surface area (TPSA) is 3.24 Å². The Balaban J connectivity index is 3.81. The van der Waals surface area contributed by atoms with E-state index in [1.807, 2.05) is 11.8 Å². The summed E-state index contributed by atoms with van der Waals surface area (Å²) in [6.07, 6.45) is 4.75. The van der Waals surface area contributed by atoms with Crippen LogP contribution in [0.3, 0.4) is 0 Å². The molecule has 0 aliphatic rings. The molecule has 0 radical (unpaired) electrons. The zero-order valence-corrected chi connectivity index (χ0v) is 11.7. The molecule has 3 heteroatoms. The summed E-state index contributed by atoms with van der Waals surface area (Å²) in [6, 6.07) is 0.684. The minimum Gasteiger partial charge on any atom is -0.303 e. The number of rotatable bonds is 8. The summed E-state index contributed by atoms with van der Waals surface area (Å²) in [6.45, 7) is 5.75. The highest BCUT2D eigenvalue weighted by Gasteiger charge is 2.13. The third-order valence-corrected chi connectivity index (χ3v) is 3.99. The number of nitrogens with zero attached hydrogens (tertiary/aromatic N) is 1. The third-order valence-electron chi connectivity index (χ3n) is 2.66. The second kappa shape index (κ2) is 8.93. The summed E-state index contributed by atoms with van der Waals surface area (Å²) >= 11 is 6.34. The van der Waals surface area contributed by atoms with Crippen LogP contribution in [0, 0.1) is 5.92 Å². The maximum absolute atomic E-state index is 4.41. The molecule has 2 atom stereocenters. The molecule has 0 saturated carbocycles. The second-order valence-corrected chi connectivity index (χ2v) is 5.36. The van der Waals surface area contributed by atoms with Crippen molar-refractivity contribution in [3.63, 3.8) is 0 Å². The van der Waals surface area contributed by atoms with E-state index in [2.05, 4.69) is 44.7 Å². The highest BCUT2D eigenvalue weighted by molar-refractivity contribution is 7.98. The van der Waals surface area contributed by atoms with E-state index in [0.29, 0.717) is 6.04 Å². The Labute approximate surface area is 99.4 Å². The van der Waals surface area contributed by atoms with Gasteiger partial charge in [0.15, 0.2) is 0 Å². The van der Waals surface area contributed by atoms with E-state index in [4.69, 9.17) is 0 Å². The second-order valence-electron chi connectivity index (χ2n) is 4.08. The van der Waals surface area contributed by atoms with Crippen molar-refractivity contribution < 1.29 is 0 Å². The molecule has 0 aromatic carbocycles. The zero-order chi connectivity index (χ0) is 11.0. The molecule has 2 unspecified atom stereocenters. The lowest BCUT2D eigenvalue weighted by molar-refractivity contribution is 0.236. The van der Waals surface area contributed by atoms with Crippen molar-refractivity contribution in [3.8, 4) is 0 Å². The molecule has 0 aliphatic heterocycles. The van der Waals surface area contributed by atoms with Crippen molar-refractivity contribution in [1.82, 2.24) is 4.90 Å². The molecule has 0 aromatic heterocycles. The van der Waals surface area contributed by atoms with Gasteiger partial charge in [-0.05, 0) is 38.3 Å². The first-order chi connectivity index (χ1) is 6.65. The van der Waals surface area contributed by atoms with Gasteiger partial charge in [-0.25, -0.2) is 0 Å². The average molecular weight is 235 g/mol. The van der Waals surface area contributed by atoms with Crippen molar-refractivity contribution in [2.24, 2.45) is 5.92 Å². The lowest BCUT2D eigenvalue weighted by Gasteiger charge is -2.28. The van der Waals surface area contributed by atoms with Gasteiger partial charge in [0.25, 0.3) is 0 Å². The van der Waals surface area contributed by atoms with Crippen molar-refractivity contribution in [3.05, 3.63) is 0 Å². The summed E-state index contributed by atoms with van der Waals surface area (Å²) < 4.78 is 0. The number of hydrogen-bond acceptors (Lipinski definition) is 3. The van der Waals surface area contributed by atoms with Gasteiger partial charge >= 0.3 is 0 Å². The van der Waals surface area contributed by atoms with Crippen LogP contribution in [0.15, 0.2) is 0 Å².